The summed E-state index contributed by atoms with van der Waals surface area (Å²) in [5.74, 6) is 1.53. The molecular weight excluding hydrogens is 474 g/mol. The standard InChI is InChI=1S/C30H29N7O/c1-2-5-27-26(4-1)34-29(35-27)33-24-8-6-21(7-9-24)22-18-23-20-37(30-31-11-3-12-32-30)13-10-25(23)28(19-22)36-14-16-38-17-15-36/h1-9,11-12,18-19H,10,13-17,20H2,(H2,33,34,35). The molecule has 2 aliphatic heterocycles. The molecule has 0 unspecified atom stereocenters. The number of aromatic amines is 1. The lowest BCUT2D eigenvalue weighted by Crippen LogP contribution is -2.38. The summed E-state index contributed by atoms with van der Waals surface area (Å²) in [6.07, 6.45) is 4.60. The number of rotatable bonds is 5. The minimum atomic E-state index is 0.741. The van der Waals surface area contributed by atoms with Crippen molar-refractivity contribution in [1.82, 2.24) is 19.9 Å². The second-order valence-electron chi connectivity index (χ2n) is 9.76. The van der Waals surface area contributed by atoms with Gasteiger partial charge in [0.25, 0.3) is 0 Å². The fourth-order valence-corrected chi connectivity index (χ4v) is 5.45. The number of ether oxygens (including phenoxy) is 1. The molecule has 2 N–H and O–H groups in total. The Labute approximate surface area is 221 Å². The minimum absolute atomic E-state index is 0.741. The van der Waals surface area contributed by atoms with Gasteiger partial charge in [0, 0.05) is 49.9 Å². The van der Waals surface area contributed by atoms with E-state index in [-0.39, 0.29) is 0 Å². The smallest absolute Gasteiger partial charge is 0.225 e. The summed E-state index contributed by atoms with van der Waals surface area (Å²) in [5.41, 5.74) is 9.48. The number of nitrogens with zero attached hydrogens (tertiary/aromatic N) is 5. The van der Waals surface area contributed by atoms with Crippen molar-refractivity contribution in [3.05, 3.63) is 90.3 Å². The summed E-state index contributed by atoms with van der Waals surface area (Å²) in [6, 6.07) is 23.2. The lowest BCUT2D eigenvalue weighted by molar-refractivity contribution is 0.122. The highest BCUT2D eigenvalue weighted by atomic mass is 16.5. The molecule has 190 valence electrons. The Morgan fingerprint density at radius 2 is 1.63 bits per heavy atom. The summed E-state index contributed by atoms with van der Waals surface area (Å²) in [4.78, 5) is 21.7. The number of fused-ring (bicyclic) bond motifs is 2. The first-order valence-corrected chi connectivity index (χ1v) is 13.1. The number of imidazole rings is 1. The normalized spacial score (nSPS) is 15.5. The van der Waals surface area contributed by atoms with Gasteiger partial charge in [0.1, 0.15) is 0 Å². The molecule has 2 aliphatic rings. The van der Waals surface area contributed by atoms with Gasteiger partial charge in [-0.15, -0.1) is 0 Å². The van der Waals surface area contributed by atoms with Crippen molar-refractivity contribution in [1.29, 1.82) is 0 Å². The van der Waals surface area contributed by atoms with Crippen LogP contribution in [0.5, 0.6) is 0 Å². The monoisotopic (exact) mass is 503 g/mol. The van der Waals surface area contributed by atoms with E-state index in [1.54, 1.807) is 0 Å². The van der Waals surface area contributed by atoms with Gasteiger partial charge in [0.15, 0.2) is 0 Å². The molecule has 0 saturated carbocycles. The van der Waals surface area contributed by atoms with E-state index < -0.39 is 0 Å². The SMILES string of the molecule is c1cnc(N2CCc3c(cc(-c4ccc(Nc5nc6ccccc6[nH]5)cc4)cc3N3CCOCC3)C2)nc1. The molecule has 5 aromatic rings. The van der Waals surface area contributed by atoms with Gasteiger partial charge in [0.05, 0.1) is 24.2 Å². The maximum atomic E-state index is 5.66. The summed E-state index contributed by atoms with van der Waals surface area (Å²) in [7, 11) is 0. The van der Waals surface area contributed by atoms with E-state index in [0.717, 1.165) is 74.4 Å². The third-order valence-electron chi connectivity index (χ3n) is 7.37. The van der Waals surface area contributed by atoms with Crippen molar-refractivity contribution in [3.8, 4) is 11.1 Å². The molecule has 38 heavy (non-hydrogen) atoms. The van der Waals surface area contributed by atoms with Gasteiger partial charge in [-0.3, -0.25) is 0 Å². The van der Waals surface area contributed by atoms with Crippen molar-refractivity contribution in [2.45, 2.75) is 13.0 Å². The number of anilines is 4. The predicted octanol–water partition coefficient (Wildman–Crippen LogP) is 5.16. The van der Waals surface area contributed by atoms with Gasteiger partial charge in [-0.2, -0.15) is 0 Å². The average molecular weight is 504 g/mol. The van der Waals surface area contributed by atoms with Crippen LogP contribution >= 0.6 is 0 Å². The highest BCUT2D eigenvalue weighted by Crippen LogP contribution is 2.36. The maximum absolute atomic E-state index is 5.66. The zero-order chi connectivity index (χ0) is 25.3. The largest absolute Gasteiger partial charge is 0.378 e. The molecule has 1 fully saturated rings. The number of aromatic nitrogens is 4. The van der Waals surface area contributed by atoms with Crippen molar-refractivity contribution in [3.63, 3.8) is 0 Å². The van der Waals surface area contributed by atoms with E-state index in [4.69, 9.17) is 4.74 Å². The molecule has 8 heteroatoms. The Balaban J connectivity index is 1.20. The fraction of sp³-hybridized carbons (Fsp3) is 0.233. The zero-order valence-electron chi connectivity index (χ0n) is 21.1. The Morgan fingerprint density at radius 1 is 0.816 bits per heavy atom. The molecule has 0 amide bonds. The van der Waals surface area contributed by atoms with Crippen LogP contribution in [0.25, 0.3) is 22.2 Å². The highest BCUT2D eigenvalue weighted by molar-refractivity contribution is 5.79. The first kappa shape index (κ1) is 22.7. The molecule has 0 atom stereocenters. The van der Waals surface area contributed by atoms with E-state index in [2.05, 4.69) is 71.5 Å². The van der Waals surface area contributed by atoms with Crippen LogP contribution in [0.4, 0.5) is 23.3 Å². The van der Waals surface area contributed by atoms with Crippen LogP contribution in [0.15, 0.2) is 79.1 Å². The molecule has 3 aromatic carbocycles. The molecule has 0 spiro atoms. The minimum Gasteiger partial charge on any atom is -0.378 e. The first-order valence-electron chi connectivity index (χ1n) is 13.1. The molecule has 0 radical (unpaired) electrons. The second kappa shape index (κ2) is 9.79. The molecule has 8 nitrogen and oxygen atoms in total. The molecule has 1 saturated heterocycles. The van der Waals surface area contributed by atoms with E-state index in [1.807, 2.05) is 42.7 Å². The van der Waals surface area contributed by atoms with Gasteiger partial charge in [-0.25, -0.2) is 15.0 Å². The average Bonchev–Trinajstić information content (AvgIpc) is 3.40. The number of H-pyrrole nitrogens is 1. The number of hydrogen-bond acceptors (Lipinski definition) is 7. The summed E-state index contributed by atoms with van der Waals surface area (Å²) in [6.45, 7) is 5.09. The van der Waals surface area contributed by atoms with Gasteiger partial charge < -0.3 is 24.8 Å². The van der Waals surface area contributed by atoms with Gasteiger partial charge in [-0.1, -0.05) is 24.3 Å². The fourth-order valence-electron chi connectivity index (χ4n) is 5.45. The molecule has 0 bridgehead atoms. The molecule has 7 rings (SSSR count). The van der Waals surface area contributed by atoms with E-state index in [9.17, 15) is 0 Å². The highest BCUT2D eigenvalue weighted by Gasteiger charge is 2.25. The van der Waals surface area contributed by atoms with Crippen LogP contribution in [0, 0.1) is 0 Å². The van der Waals surface area contributed by atoms with E-state index >= 15 is 0 Å². The number of hydrogen-bond donors (Lipinski definition) is 2. The Morgan fingerprint density at radius 3 is 2.45 bits per heavy atom. The lowest BCUT2D eigenvalue weighted by Gasteiger charge is -2.36. The molecule has 0 aliphatic carbocycles. The van der Waals surface area contributed by atoms with Crippen LogP contribution in [-0.2, 0) is 17.7 Å². The van der Waals surface area contributed by atoms with Crippen molar-refractivity contribution >= 4 is 34.3 Å². The number of nitrogens with one attached hydrogen (secondary N) is 2. The Hall–Kier alpha value is -4.43. The predicted molar refractivity (Wildman–Crippen MR) is 151 cm³/mol. The molecular formula is C30H29N7O. The third kappa shape index (κ3) is 4.43. The number of benzene rings is 3. The van der Waals surface area contributed by atoms with Gasteiger partial charge in [-0.05, 0) is 71.1 Å². The topological polar surface area (TPSA) is 82.2 Å². The summed E-state index contributed by atoms with van der Waals surface area (Å²) < 4.78 is 5.66. The summed E-state index contributed by atoms with van der Waals surface area (Å²) in [5, 5.41) is 3.40. The first-order chi connectivity index (χ1) is 18.8. The van der Waals surface area contributed by atoms with Gasteiger partial charge >= 0.3 is 0 Å². The maximum Gasteiger partial charge on any atom is 0.225 e. The van der Waals surface area contributed by atoms with Crippen LogP contribution in [0.2, 0.25) is 0 Å². The molecule has 2 aromatic heterocycles. The number of para-hydroxylation sites is 2. The van der Waals surface area contributed by atoms with Crippen molar-refractivity contribution in [2.24, 2.45) is 0 Å². The van der Waals surface area contributed by atoms with Crippen LogP contribution in [-0.4, -0.2) is 52.8 Å². The Bertz CT molecular complexity index is 1530. The van der Waals surface area contributed by atoms with Crippen LogP contribution in [0.1, 0.15) is 11.1 Å². The van der Waals surface area contributed by atoms with Crippen molar-refractivity contribution in [2.75, 3.05) is 48.0 Å². The second-order valence-corrected chi connectivity index (χ2v) is 9.76. The van der Waals surface area contributed by atoms with E-state index in [1.165, 1.54) is 27.9 Å². The van der Waals surface area contributed by atoms with Gasteiger partial charge in [0.2, 0.25) is 11.9 Å². The Kier molecular flexibility index (Phi) is 5.86. The quantitative estimate of drug-likeness (QED) is 0.343. The third-order valence-corrected chi connectivity index (χ3v) is 7.37. The molecule has 4 heterocycles. The van der Waals surface area contributed by atoms with E-state index in [0.29, 0.717) is 0 Å². The lowest BCUT2D eigenvalue weighted by atomic mass is 9.92. The zero-order valence-corrected chi connectivity index (χ0v) is 21.1. The van der Waals surface area contributed by atoms with Crippen LogP contribution in [0.3, 0.4) is 0 Å². The number of morpholine rings is 1. The summed E-state index contributed by atoms with van der Waals surface area (Å²) >= 11 is 0. The van der Waals surface area contributed by atoms with Crippen molar-refractivity contribution < 1.29 is 4.74 Å². The van der Waals surface area contributed by atoms with Crippen LogP contribution < -0.4 is 15.1 Å².